The maximum absolute atomic E-state index is 11.7. The third-order valence-corrected chi connectivity index (χ3v) is 3.16. The van der Waals surface area contributed by atoms with Crippen LogP contribution in [-0.2, 0) is 6.54 Å². The van der Waals surface area contributed by atoms with Gasteiger partial charge >= 0.3 is 0 Å². The maximum atomic E-state index is 11.7. The van der Waals surface area contributed by atoms with Gasteiger partial charge in [0.15, 0.2) is 5.82 Å². The predicted octanol–water partition coefficient (Wildman–Crippen LogP) is 1.05. The molecule has 6 heteroatoms. The van der Waals surface area contributed by atoms with E-state index in [0.717, 1.165) is 0 Å². The molecule has 98 valence electrons. The molecule has 0 aliphatic carbocycles. The molecule has 0 spiro atoms. The Hall–Kier alpha value is -2.50. The molecule has 0 unspecified atom stereocenters. The highest BCUT2D eigenvalue weighted by Crippen LogP contribution is 2.26. The van der Waals surface area contributed by atoms with Crippen molar-refractivity contribution in [2.75, 3.05) is 22.6 Å². The molecule has 0 saturated heterocycles. The molecule has 1 aromatic carbocycles. The van der Waals surface area contributed by atoms with E-state index in [0.29, 0.717) is 24.7 Å². The highest BCUT2D eigenvalue weighted by atomic mass is 16.1. The standard InChI is InChI=1S/C13H15N5O/c1-8-2-4-9(5-3-8)6-18-7-15-10-11(18)16-13(14)17-12(10)19/h2-5,15H,6-7H2,1H3,(H3,14,16,17,19). The van der Waals surface area contributed by atoms with Crippen LogP contribution in [0.1, 0.15) is 11.1 Å². The van der Waals surface area contributed by atoms with Crippen LogP contribution in [0.2, 0.25) is 0 Å². The Balaban J connectivity index is 1.90. The number of hydrogen-bond donors (Lipinski definition) is 3. The number of nitrogen functional groups attached to an aromatic ring is 1. The van der Waals surface area contributed by atoms with Crippen molar-refractivity contribution in [3.63, 3.8) is 0 Å². The van der Waals surface area contributed by atoms with Gasteiger partial charge in [0.2, 0.25) is 5.95 Å². The lowest BCUT2D eigenvalue weighted by atomic mass is 10.1. The van der Waals surface area contributed by atoms with Gasteiger partial charge in [0.05, 0.1) is 6.67 Å². The molecular formula is C13H15N5O. The Kier molecular flexibility index (Phi) is 2.63. The van der Waals surface area contributed by atoms with Gasteiger partial charge in [-0.1, -0.05) is 29.8 Å². The van der Waals surface area contributed by atoms with E-state index in [-0.39, 0.29) is 11.5 Å². The third-order valence-electron chi connectivity index (χ3n) is 3.16. The smallest absolute Gasteiger partial charge is 0.277 e. The average molecular weight is 257 g/mol. The molecule has 3 rings (SSSR count). The van der Waals surface area contributed by atoms with Crippen LogP contribution >= 0.6 is 0 Å². The molecule has 2 aromatic rings. The van der Waals surface area contributed by atoms with Crippen molar-refractivity contribution in [1.29, 1.82) is 0 Å². The van der Waals surface area contributed by atoms with Crippen molar-refractivity contribution in [3.8, 4) is 0 Å². The topological polar surface area (TPSA) is 87.0 Å². The summed E-state index contributed by atoms with van der Waals surface area (Å²) in [7, 11) is 0. The van der Waals surface area contributed by atoms with E-state index in [1.165, 1.54) is 11.1 Å². The van der Waals surface area contributed by atoms with Crippen LogP contribution in [0.15, 0.2) is 29.1 Å². The highest BCUT2D eigenvalue weighted by Gasteiger charge is 2.23. The van der Waals surface area contributed by atoms with Crippen LogP contribution in [0.5, 0.6) is 0 Å². The summed E-state index contributed by atoms with van der Waals surface area (Å²) in [5.74, 6) is 0.753. The summed E-state index contributed by atoms with van der Waals surface area (Å²) in [6, 6.07) is 8.28. The van der Waals surface area contributed by atoms with Crippen LogP contribution < -0.4 is 21.5 Å². The van der Waals surface area contributed by atoms with Crippen molar-refractivity contribution in [2.24, 2.45) is 0 Å². The minimum absolute atomic E-state index is 0.140. The number of H-pyrrole nitrogens is 1. The van der Waals surface area contributed by atoms with Crippen molar-refractivity contribution in [3.05, 3.63) is 45.7 Å². The monoisotopic (exact) mass is 257 g/mol. The summed E-state index contributed by atoms with van der Waals surface area (Å²) in [5, 5.41) is 3.04. The van der Waals surface area contributed by atoms with Gasteiger partial charge in [0, 0.05) is 6.54 Å². The van der Waals surface area contributed by atoms with E-state index in [4.69, 9.17) is 5.73 Å². The third kappa shape index (κ3) is 2.12. The van der Waals surface area contributed by atoms with Gasteiger partial charge in [-0.2, -0.15) is 4.98 Å². The fraction of sp³-hybridized carbons (Fsp3) is 0.231. The quantitative estimate of drug-likeness (QED) is 0.748. The number of aryl methyl sites for hydroxylation is 1. The van der Waals surface area contributed by atoms with E-state index >= 15 is 0 Å². The minimum Gasteiger partial charge on any atom is -0.369 e. The number of nitrogens with two attached hydrogens (primary N) is 1. The summed E-state index contributed by atoms with van der Waals surface area (Å²) in [6.45, 7) is 3.30. The Labute approximate surface area is 110 Å². The number of aromatic nitrogens is 2. The summed E-state index contributed by atoms with van der Waals surface area (Å²) in [6.07, 6.45) is 0. The SMILES string of the molecule is Cc1ccc(CN2CNc3c2nc(N)[nH]c3=O)cc1. The summed E-state index contributed by atoms with van der Waals surface area (Å²) in [5.41, 5.74) is 8.24. The number of benzene rings is 1. The molecule has 1 aliphatic heterocycles. The first kappa shape index (κ1) is 11.6. The van der Waals surface area contributed by atoms with Crippen LogP contribution in [-0.4, -0.2) is 16.6 Å². The van der Waals surface area contributed by atoms with Crippen molar-refractivity contribution in [1.82, 2.24) is 9.97 Å². The molecule has 0 bridgehead atoms. The van der Waals surface area contributed by atoms with Crippen molar-refractivity contribution < 1.29 is 0 Å². The van der Waals surface area contributed by atoms with E-state index in [9.17, 15) is 4.79 Å². The fourth-order valence-electron chi connectivity index (χ4n) is 2.16. The molecule has 0 radical (unpaired) electrons. The largest absolute Gasteiger partial charge is 0.369 e. The number of nitrogens with one attached hydrogen (secondary N) is 2. The van der Waals surface area contributed by atoms with Crippen LogP contribution in [0.25, 0.3) is 0 Å². The van der Waals surface area contributed by atoms with E-state index in [1.807, 2.05) is 4.90 Å². The molecular weight excluding hydrogens is 242 g/mol. The van der Waals surface area contributed by atoms with Crippen LogP contribution in [0, 0.1) is 6.92 Å². The van der Waals surface area contributed by atoms with Crippen LogP contribution in [0.4, 0.5) is 17.5 Å². The van der Waals surface area contributed by atoms with Gasteiger partial charge in [-0.15, -0.1) is 0 Å². The lowest BCUT2D eigenvalue weighted by Crippen LogP contribution is -2.22. The lowest BCUT2D eigenvalue weighted by molar-refractivity contribution is 0.855. The summed E-state index contributed by atoms with van der Waals surface area (Å²) < 4.78 is 0. The molecule has 0 atom stereocenters. The lowest BCUT2D eigenvalue weighted by Gasteiger charge is -2.17. The van der Waals surface area contributed by atoms with E-state index < -0.39 is 0 Å². The van der Waals surface area contributed by atoms with E-state index in [2.05, 4.69) is 46.5 Å². The molecule has 0 amide bonds. The van der Waals surface area contributed by atoms with Gasteiger partial charge in [-0.3, -0.25) is 9.78 Å². The number of rotatable bonds is 2. The zero-order valence-corrected chi connectivity index (χ0v) is 10.6. The van der Waals surface area contributed by atoms with Crippen molar-refractivity contribution in [2.45, 2.75) is 13.5 Å². The predicted molar refractivity (Wildman–Crippen MR) is 75.1 cm³/mol. The summed E-state index contributed by atoms with van der Waals surface area (Å²) >= 11 is 0. The van der Waals surface area contributed by atoms with E-state index in [1.54, 1.807) is 0 Å². The average Bonchev–Trinajstić information content (AvgIpc) is 2.76. The number of nitrogens with zero attached hydrogens (tertiary/aromatic N) is 2. The maximum Gasteiger partial charge on any atom is 0.277 e. The normalized spacial score (nSPS) is 13.2. The number of anilines is 3. The van der Waals surface area contributed by atoms with Crippen LogP contribution in [0.3, 0.4) is 0 Å². The Morgan fingerprint density at radius 2 is 2.11 bits per heavy atom. The summed E-state index contributed by atoms with van der Waals surface area (Å²) in [4.78, 5) is 20.4. The van der Waals surface area contributed by atoms with Gasteiger partial charge in [-0.25, -0.2) is 0 Å². The zero-order valence-electron chi connectivity index (χ0n) is 10.6. The zero-order chi connectivity index (χ0) is 13.4. The first-order valence-electron chi connectivity index (χ1n) is 6.07. The molecule has 0 fully saturated rings. The second-order valence-corrected chi connectivity index (χ2v) is 4.67. The molecule has 0 saturated carbocycles. The Morgan fingerprint density at radius 3 is 2.84 bits per heavy atom. The minimum atomic E-state index is -0.228. The molecule has 19 heavy (non-hydrogen) atoms. The number of hydrogen-bond acceptors (Lipinski definition) is 5. The van der Waals surface area contributed by atoms with Gasteiger partial charge < -0.3 is 16.0 Å². The number of aromatic amines is 1. The Bertz CT molecular complexity index is 662. The Morgan fingerprint density at radius 1 is 1.37 bits per heavy atom. The second-order valence-electron chi connectivity index (χ2n) is 4.67. The second kappa shape index (κ2) is 4.31. The van der Waals surface area contributed by atoms with Crippen molar-refractivity contribution >= 4 is 17.5 Å². The first-order chi connectivity index (χ1) is 9.13. The molecule has 1 aromatic heterocycles. The van der Waals surface area contributed by atoms with Gasteiger partial charge in [0.25, 0.3) is 5.56 Å². The molecule has 2 heterocycles. The molecule has 6 nitrogen and oxygen atoms in total. The molecule has 1 aliphatic rings. The molecule has 4 N–H and O–H groups in total. The fourth-order valence-corrected chi connectivity index (χ4v) is 2.16. The highest BCUT2D eigenvalue weighted by molar-refractivity contribution is 5.70. The van der Waals surface area contributed by atoms with Gasteiger partial charge in [0.1, 0.15) is 5.69 Å². The number of fused-ring (bicyclic) bond motifs is 1. The van der Waals surface area contributed by atoms with Gasteiger partial charge in [-0.05, 0) is 12.5 Å². The first-order valence-corrected chi connectivity index (χ1v) is 6.07.